The molecular weight excluding hydrogens is 172 g/mol. The van der Waals surface area contributed by atoms with Crippen molar-refractivity contribution in [3.05, 3.63) is 35.4 Å². The molecule has 1 N–H and O–H groups in total. The zero-order valence-corrected chi connectivity index (χ0v) is 9.38. The molecule has 0 aliphatic carbocycles. The SMILES string of the molecule is CCCCc1ccc(C(C)(C)O)cc1. The van der Waals surface area contributed by atoms with E-state index in [1.807, 2.05) is 26.0 Å². The molecule has 0 aliphatic heterocycles. The molecule has 14 heavy (non-hydrogen) atoms. The highest BCUT2D eigenvalue weighted by Crippen LogP contribution is 2.20. The molecule has 0 aliphatic rings. The van der Waals surface area contributed by atoms with E-state index in [-0.39, 0.29) is 0 Å². The van der Waals surface area contributed by atoms with Gasteiger partial charge in [0.15, 0.2) is 0 Å². The first-order valence-corrected chi connectivity index (χ1v) is 5.36. The molecule has 78 valence electrons. The lowest BCUT2D eigenvalue weighted by atomic mass is 9.96. The highest BCUT2D eigenvalue weighted by Gasteiger charge is 2.14. The van der Waals surface area contributed by atoms with Gasteiger partial charge in [-0.15, -0.1) is 0 Å². The summed E-state index contributed by atoms with van der Waals surface area (Å²) in [7, 11) is 0. The normalized spacial score (nSPS) is 11.7. The molecule has 0 aromatic heterocycles. The van der Waals surface area contributed by atoms with Crippen LogP contribution in [0.5, 0.6) is 0 Å². The van der Waals surface area contributed by atoms with Gasteiger partial charge in [0, 0.05) is 0 Å². The van der Waals surface area contributed by atoms with Crippen LogP contribution in [0.15, 0.2) is 24.3 Å². The van der Waals surface area contributed by atoms with E-state index in [1.165, 1.54) is 18.4 Å². The number of aryl methyl sites for hydroxylation is 1. The minimum atomic E-state index is -0.719. The third-order valence-electron chi connectivity index (χ3n) is 2.48. The quantitative estimate of drug-likeness (QED) is 0.776. The Morgan fingerprint density at radius 1 is 1.14 bits per heavy atom. The molecule has 0 saturated carbocycles. The van der Waals surface area contributed by atoms with Crippen LogP contribution >= 0.6 is 0 Å². The Labute approximate surface area is 86.8 Å². The minimum Gasteiger partial charge on any atom is -0.386 e. The number of benzene rings is 1. The molecule has 1 heteroatoms. The van der Waals surface area contributed by atoms with Crippen LogP contribution in [0.1, 0.15) is 44.7 Å². The van der Waals surface area contributed by atoms with Gasteiger partial charge in [-0.1, -0.05) is 37.6 Å². The zero-order chi connectivity index (χ0) is 10.6. The minimum absolute atomic E-state index is 0.719. The molecule has 0 radical (unpaired) electrons. The molecule has 1 aromatic carbocycles. The molecule has 0 unspecified atom stereocenters. The van der Waals surface area contributed by atoms with Crippen molar-refractivity contribution in [3.63, 3.8) is 0 Å². The van der Waals surface area contributed by atoms with E-state index in [1.54, 1.807) is 0 Å². The van der Waals surface area contributed by atoms with Crippen LogP contribution in [-0.4, -0.2) is 5.11 Å². The van der Waals surface area contributed by atoms with E-state index in [0.717, 1.165) is 12.0 Å². The van der Waals surface area contributed by atoms with Gasteiger partial charge in [0.1, 0.15) is 0 Å². The Morgan fingerprint density at radius 3 is 2.14 bits per heavy atom. The van der Waals surface area contributed by atoms with Gasteiger partial charge in [0.2, 0.25) is 0 Å². The fraction of sp³-hybridized carbons (Fsp3) is 0.538. The maximum Gasteiger partial charge on any atom is 0.0840 e. The van der Waals surface area contributed by atoms with Gasteiger partial charge in [-0.3, -0.25) is 0 Å². The zero-order valence-electron chi connectivity index (χ0n) is 9.38. The topological polar surface area (TPSA) is 20.2 Å². The molecular formula is C13H20O. The maximum absolute atomic E-state index is 9.76. The highest BCUT2D eigenvalue weighted by atomic mass is 16.3. The van der Waals surface area contributed by atoms with E-state index in [0.29, 0.717) is 0 Å². The lowest BCUT2D eigenvalue weighted by Crippen LogP contribution is -2.15. The summed E-state index contributed by atoms with van der Waals surface area (Å²) >= 11 is 0. The van der Waals surface area contributed by atoms with E-state index in [4.69, 9.17) is 0 Å². The first-order chi connectivity index (χ1) is 6.54. The second-order valence-corrected chi connectivity index (χ2v) is 4.36. The van der Waals surface area contributed by atoms with E-state index < -0.39 is 5.60 Å². The summed E-state index contributed by atoms with van der Waals surface area (Å²) in [6.45, 7) is 5.83. The van der Waals surface area contributed by atoms with Crippen LogP contribution in [0.3, 0.4) is 0 Å². The Balaban J connectivity index is 2.69. The third-order valence-corrected chi connectivity index (χ3v) is 2.48. The molecule has 0 heterocycles. The summed E-state index contributed by atoms with van der Waals surface area (Å²) in [5.74, 6) is 0. The van der Waals surface area contributed by atoms with Crippen molar-refractivity contribution < 1.29 is 5.11 Å². The van der Waals surface area contributed by atoms with Crippen LogP contribution < -0.4 is 0 Å². The number of hydrogen-bond donors (Lipinski definition) is 1. The summed E-state index contributed by atoms with van der Waals surface area (Å²) < 4.78 is 0. The van der Waals surface area contributed by atoms with E-state index in [9.17, 15) is 5.11 Å². The monoisotopic (exact) mass is 192 g/mol. The summed E-state index contributed by atoms with van der Waals surface area (Å²) in [5, 5.41) is 9.76. The number of aliphatic hydroxyl groups is 1. The van der Waals surface area contributed by atoms with Gasteiger partial charge in [-0.2, -0.15) is 0 Å². The van der Waals surface area contributed by atoms with Crippen molar-refractivity contribution in [2.45, 2.75) is 45.6 Å². The van der Waals surface area contributed by atoms with Crippen LogP contribution in [0.25, 0.3) is 0 Å². The van der Waals surface area contributed by atoms with Crippen LogP contribution in [0.2, 0.25) is 0 Å². The van der Waals surface area contributed by atoms with Gasteiger partial charge in [-0.05, 0) is 37.8 Å². The van der Waals surface area contributed by atoms with Gasteiger partial charge in [0.05, 0.1) is 5.60 Å². The molecule has 1 rings (SSSR count). The summed E-state index contributed by atoms with van der Waals surface area (Å²) in [5.41, 5.74) is 1.63. The third kappa shape index (κ3) is 3.15. The lowest BCUT2D eigenvalue weighted by molar-refractivity contribution is 0.0786. The fourth-order valence-corrected chi connectivity index (χ4v) is 1.46. The summed E-state index contributed by atoms with van der Waals surface area (Å²) in [6.07, 6.45) is 3.61. The van der Waals surface area contributed by atoms with Crippen LogP contribution in [0, 0.1) is 0 Å². The average molecular weight is 192 g/mol. The standard InChI is InChI=1S/C13H20O/c1-4-5-6-11-7-9-12(10-8-11)13(2,3)14/h7-10,14H,4-6H2,1-3H3. The van der Waals surface area contributed by atoms with Crippen molar-refractivity contribution in [2.75, 3.05) is 0 Å². The van der Waals surface area contributed by atoms with Gasteiger partial charge < -0.3 is 5.11 Å². The molecule has 0 atom stereocenters. The molecule has 0 bridgehead atoms. The summed E-state index contributed by atoms with van der Waals surface area (Å²) in [4.78, 5) is 0. The van der Waals surface area contributed by atoms with E-state index >= 15 is 0 Å². The first-order valence-electron chi connectivity index (χ1n) is 5.36. The number of hydrogen-bond acceptors (Lipinski definition) is 1. The van der Waals surface area contributed by atoms with Crippen molar-refractivity contribution in [1.82, 2.24) is 0 Å². The maximum atomic E-state index is 9.76. The molecule has 1 aromatic rings. The van der Waals surface area contributed by atoms with Gasteiger partial charge >= 0.3 is 0 Å². The molecule has 1 nitrogen and oxygen atoms in total. The van der Waals surface area contributed by atoms with Gasteiger partial charge in [0.25, 0.3) is 0 Å². The number of rotatable bonds is 4. The average Bonchev–Trinajstić information content (AvgIpc) is 2.14. The molecule has 0 saturated heterocycles. The molecule has 0 amide bonds. The Bertz CT molecular complexity index is 266. The Morgan fingerprint density at radius 2 is 1.71 bits per heavy atom. The number of unbranched alkanes of at least 4 members (excludes halogenated alkanes) is 1. The predicted molar refractivity (Wildman–Crippen MR) is 60.3 cm³/mol. The first kappa shape index (κ1) is 11.3. The van der Waals surface area contributed by atoms with Crippen molar-refractivity contribution in [3.8, 4) is 0 Å². The van der Waals surface area contributed by atoms with Crippen LogP contribution in [-0.2, 0) is 12.0 Å². The largest absolute Gasteiger partial charge is 0.386 e. The van der Waals surface area contributed by atoms with Gasteiger partial charge in [-0.25, -0.2) is 0 Å². The molecule has 0 fully saturated rings. The van der Waals surface area contributed by atoms with Crippen molar-refractivity contribution in [2.24, 2.45) is 0 Å². The highest BCUT2D eigenvalue weighted by molar-refractivity contribution is 5.26. The van der Waals surface area contributed by atoms with Crippen LogP contribution in [0.4, 0.5) is 0 Å². The molecule has 0 spiro atoms. The fourth-order valence-electron chi connectivity index (χ4n) is 1.46. The Hall–Kier alpha value is -0.820. The van der Waals surface area contributed by atoms with E-state index in [2.05, 4.69) is 19.1 Å². The predicted octanol–water partition coefficient (Wildman–Crippen LogP) is 3.26. The second-order valence-electron chi connectivity index (χ2n) is 4.36. The second kappa shape index (κ2) is 4.61. The summed E-state index contributed by atoms with van der Waals surface area (Å²) in [6, 6.07) is 8.27. The smallest absolute Gasteiger partial charge is 0.0840 e. The van der Waals surface area contributed by atoms with Crippen molar-refractivity contribution >= 4 is 0 Å². The Kier molecular flexibility index (Phi) is 3.70. The van der Waals surface area contributed by atoms with Crippen molar-refractivity contribution in [1.29, 1.82) is 0 Å². The lowest BCUT2D eigenvalue weighted by Gasteiger charge is -2.17.